The molecule has 0 unspecified atom stereocenters. The van der Waals surface area contributed by atoms with Gasteiger partial charge in [0.1, 0.15) is 0 Å². The lowest BCUT2D eigenvalue weighted by atomic mass is 10.1. The Labute approximate surface area is 97.8 Å². The van der Waals surface area contributed by atoms with Crippen LogP contribution in [0.3, 0.4) is 0 Å². The Balaban J connectivity index is 2.67. The highest BCUT2D eigenvalue weighted by atomic mass is 127. The Kier molecular flexibility index (Phi) is 4.49. The lowest BCUT2D eigenvalue weighted by Gasteiger charge is -2.06. The van der Waals surface area contributed by atoms with Crippen molar-refractivity contribution in [2.24, 2.45) is 5.73 Å². The van der Waals surface area contributed by atoms with Crippen molar-refractivity contribution in [1.29, 1.82) is 0 Å². The van der Waals surface area contributed by atoms with Crippen molar-refractivity contribution in [3.63, 3.8) is 0 Å². The summed E-state index contributed by atoms with van der Waals surface area (Å²) < 4.78 is 1.17. The van der Waals surface area contributed by atoms with Crippen LogP contribution >= 0.6 is 34.2 Å². The zero-order valence-electron chi connectivity index (χ0n) is 7.56. The topological polar surface area (TPSA) is 26.0 Å². The van der Waals surface area contributed by atoms with Crippen LogP contribution in [-0.2, 0) is 6.42 Å². The van der Waals surface area contributed by atoms with Gasteiger partial charge in [0, 0.05) is 14.6 Å². The minimum Gasteiger partial charge on any atom is -0.328 e. The van der Waals surface area contributed by atoms with Gasteiger partial charge in [0.15, 0.2) is 0 Å². The Bertz CT molecular complexity index is 286. The summed E-state index contributed by atoms with van der Waals surface area (Å²) >= 11 is 8.32. The van der Waals surface area contributed by atoms with Gasteiger partial charge in [-0.3, -0.25) is 0 Å². The molecule has 72 valence electrons. The number of nitrogens with two attached hydrogens (primary N) is 1. The summed E-state index contributed by atoms with van der Waals surface area (Å²) in [6, 6.07) is 6.38. The second-order valence-corrected chi connectivity index (χ2v) is 4.90. The van der Waals surface area contributed by atoms with E-state index >= 15 is 0 Å². The maximum Gasteiger partial charge on any atom is 0.0448 e. The van der Waals surface area contributed by atoms with Gasteiger partial charge in [-0.05, 0) is 60.1 Å². The van der Waals surface area contributed by atoms with E-state index < -0.39 is 0 Å². The summed E-state index contributed by atoms with van der Waals surface area (Å²) in [5.41, 5.74) is 6.87. The fourth-order valence-electron chi connectivity index (χ4n) is 1.11. The van der Waals surface area contributed by atoms with Crippen molar-refractivity contribution in [3.05, 3.63) is 32.4 Å². The highest BCUT2D eigenvalue weighted by Gasteiger charge is 2.02. The molecule has 0 aliphatic carbocycles. The molecule has 0 bridgehead atoms. The molecule has 1 nitrogen and oxygen atoms in total. The van der Waals surface area contributed by atoms with E-state index in [4.69, 9.17) is 17.3 Å². The first-order valence-electron chi connectivity index (χ1n) is 4.29. The summed E-state index contributed by atoms with van der Waals surface area (Å²) in [5.74, 6) is 0. The molecule has 0 spiro atoms. The van der Waals surface area contributed by atoms with E-state index in [1.54, 1.807) is 0 Å². The second kappa shape index (κ2) is 5.17. The summed E-state index contributed by atoms with van der Waals surface area (Å²) in [6.07, 6.45) is 1.95. The average Bonchev–Trinajstić information content (AvgIpc) is 2.02. The number of aryl methyl sites for hydroxylation is 1. The first-order chi connectivity index (χ1) is 6.09. The van der Waals surface area contributed by atoms with Crippen LogP contribution < -0.4 is 5.73 Å². The third-order valence-corrected chi connectivity index (χ3v) is 2.91. The fourth-order valence-corrected chi connectivity index (χ4v) is 2.06. The second-order valence-electron chi connectivity index (χ2n) is 3.25. The quantitative estimate of drug-likeness (QED) is 0.852. The minimum absolute atomic E-state index is 0.246. The molecule has 2 N–H and O–H groups in total. The molecule has 1 atom stereocenters. The number of hydrogen-bond donors (Lipinski definition) is 1. The standard InChI is InChI=1S/C10H13ClIN/c1-7(13)2-3-8-4-5-9(12)6-10(8)11/h4-7H,2-3,13H2,1H3/t7-/m0/s1. The Morgan fingerprint density at radius 2 is 2.23 bits per heavy atom. The SMILES string of the molecule is C[C@H](N)CCc1ccc(I)cc1Cl. The van der Waals surface area contributed by atoms with E-state index in [1.165, 1.54) is 9.13 Å². The van der Waals surface area contributed by atoms with Gasteiger partial charge in [0.05, 0.1) is 0 Å². The normalized spacial score (nSPS) is 12.9. The van der Waals surface area contributed by atoms with Gasteiger partial charge in [-0.15, -0.1) is 0 Å². The number of rotatable bonds is 3. The Morgan fingerprint density at radius 3 is 2.77 bits per heavy atom. The minimum atomic E-state index is 0.246. The Morgan fingerprint density at radius 1 is 1.54 bits per heavy atom. The number of hydrogen-bond acceptors (Lipinski definition) is 1. The first-order valence-corrected chi connectivity index (χ1v) is 5.75. The molecule has 0 saturated heterocycles. The van der Waals surface area contributed by atoms with E-state index in [-0.39, 0.29) is 6.04 Å². The van der Waals surface area contributed by atoms with Crippen molar-refractivity contribution in [2.45, 2.75) is 25.8 Å². The third kappa shape index (κ3) is 3.83. The third-order valence-electron chi connectivity index (χ3n) is 1.88. The van der Waals surface area contributed by atoms with Gasteiger partial charge < -0.3 is 5.73 Å². The van der Waals surface area contributed by atoms with Gasteiger partial charge >= 0.3 is 0 Å². The van der Waals surface area contributed by atoms with Crippen molar-refractivity contribution >= 4 is 34.2 Å². The van der Waals surface area contributed by atoms with Crippen LogP contribution in [0.4, 0.5) is 0 Å². The van der Waals surface area contributed by atoms with Gasteiger partial charge in [-0.2, -0.15) is 0 Å². The zero-order valence-corrected chi connectivity index (χ0v) is 10.5. The van der Waals surface area contributed by atoms with Crippen LogP contribution in [0.5, 0.6) is 0 Å². The molecule has 1 rings (SSSR count). The van der Waals surface area contributed by atoms with E-state index in [2.05, 4.69) is 34.7 Å². The smallest absolute Gasteiger partial charge is 0.0448 e. The van der Waals surface area contributed by atoms with Crippen molar-refractivity contribution in [2.75, 3.05) is 0 Å². The molecule has 0 aliphatic rings. The van der Waals surface area contributed by atoms with Crippen LogP contribution in [0.2, 0.25) is 5.02 Å². The van der Waals surface area contributed by atoms with Gasteiger partial charge in [-0.1, -0.05) is 17.7 Å². The van der Waals surface area contributed by atoms with Gasteiger partial charge in [0.2, 0.25) is 0 Å². The summed E-state index contributed by atoms with van der Waals surface area (Å²) in [4.78, 5) is 0. The molecular formula is C10H13ClIN. The molecule has 0 fully saturated rings. The van der Waals surface area contributed by atoms with Crippen LogP contribution in [0.25, 0.3) is 0 Å². The van der Waals surface area contributed by atoms with Crippen LogP contribution in [0.1, 0.15) is 18.9 Å². The van der Waals surface area contributed by atoms with Crippen LogP contribution in [0, 0.1) is 3.57 Å². The summed E-state index contributed by atoms with van der Waals surface area (Å²) in [6.45, 7) is 2.01. The number of halogens is 2. The molecular weight excluding hydrogens is 296 g/mol. The molecule has 3 heteroatoms. The summed E-state index contributed by atoms with van der Waals surface area (Å²) in [5, 5.41) is 0.854. The first kappa shape index (κ1) is 11.3. The molecule has 0 saturated carbocycles. The van der Waals surface area contributed by atoms with Crippen molar-refractivity contribution in [3.8, 4) is 0 Å². The average molecular weight is 310 g/mol. The molecule has 0 heterocycles. The zero-order chi connectivity index (χ0) is 9.84. The molecule has 0 aliphatic heterocycles. The van der Waals surface area contributed by atoms with E-state index in [0.717, 1.165) is 17.9 Å². The van der Waals surface area contributed by atoms with Gasteiger partial charge in [-0.25, -0.2) is 0 Å². The van der Waals surface area contributed by atoms with Crippen LogP contribution in [0.15, 0.2) is 18.2 Å². The highest BCUT2D eigenvalue weighted by Crippen LogP contribution is 2.20. The van der Waals surface area contributed by atoms with E-state index in [0.29, 0.717) is 0 Å². The predicted molar refractivity (Wildman–Crippen MR) is 66.1 cm³/mol. The van der Waals surface area contributed by atoms with Crippen molar-refractivity contribution < 1.29 is 0 Å². The molecule has 0 radical (unpaired) electrons. The largest absolute Gasteiger partial charge is 0.328 e. The monoisotopic (exact) mass is 309 g/mol. The molecule has 1 aromatic carbocycles. The molecule has 0 aromatic heterocycles. The molecule has 1 aromatic rings. The van der Waals surface area contributed by atoms with Crippen LogP contribution in [-0.4, -0.2) is 6.04 Å². The lowest BCUT2D eigenvalue weighted by molar-refractivity contribution is 0.666. The maximum atomic E-state index is 6.07. The number of benzene rings is 1. The highest BCUT2D eigenvalue weighted by molar-refractivity contribution is 14.1. The molecule has 13 heavy (non-hydrogen) atoms. The Hall–Kier alpha value is 0.200. The lowest BCUT2D eigenvalue weighted by Crippen LogP contribution is -2.15. The van der Waals surface area contributed by atoms with Gasteiger partial charge in [0.25, 0.3) is 0 Å². The van der Waals surface area contributed by atoms with E-state index in [1.807, 2.05) is 13.0 Å². The molecule has 0 amide bonds. The predicted octanol–water partition coefficient (Wildman–Crippen LogP) is 3.22. The van der Waals surface area contributed by atoms with Crippen molar-refractivity contribution in [1.82, 2.24) is 0 Å². The fraction of sp³-hybridized carbons (Fsp3) is 0.400. The summed E-state index contributed by atoms with van der Waals surface area (Å²) in [7, 11) is 0. The van der Waals surface area contributed by atoms with E-state index in [9.17, 15) is 0 Å². The maximum absolute atomic E-state index is 6.07.